The Bertz CT molecular complexity index is 958. The summed E-state index contributed by atoms with van der Waals surface area (Å²) in [5.74, 6) is -0.979. The van der Waals surface area contributed by atoms with Gasteiger partial charge in [-0.3, -0.25) is 9.78 Å². The van der Waals surface area contributed by atoms with Gasteiger partial charge >= 0.3 is 5.97 Å². The van der Waals surface area contributed by atoms with Gasteiger partial charge in [0.2, 0.25) is 0 Å². The number of hydrogen-bond donors (Lipinski definition) is 1. The molecule has 0 aliphatic rings. The van der Waals surface area contributed by atoms with E-state index >= 15 is 0 Å². The molecule has 0 saturated heterocycles. The van der Waals surface area contributed by atoms with Crippen molar-refractivity contribution in [3.63, 3.8) is 0 Å². The summed E-state index contributed by atoms with van der Waals surface area (Å²) >= 11 is 6.05. The van der Waals surface area contributed by atoms with Crippen molar-refractivity contribution < 1.29 is 14.3 Å². The maximum Gasteiger partial charge on any atom is 0.328 e. The number of para-hydroxylation sites is 1. The fraction of sp³-hybridized carbons (Fsp3) is 0.150. The Morgan fingerprint density at radius 1 is 1.08 bits per heavy atom. The molecule has 2 aromatic carbocycles. The highest BCUT2D eigenvalue weighted by Gasteiger charge is 2.24. The maximum absolute atomic E-state index is 12.5. The highest BCUT2D eigenvalue weighted by atomic mass is 35.5. The molecule has 3 rings (SSSR count). The monoisotopic (exact) mass is 368 g/mol. The molecule has 1 aromatic heterocycles. The highest BCUT2D eigenvalue weighted by Crippen LogP contribution is 2.16. The number of aromatic nitrogens is 1. The minimum atomic E-state index is -0.863. The predicted molar refractivity (Wildman–Crippen MR) is 100 cm³/mol. The summed E-state index contributed by atoms with van der Waals surface area (Å²) in [6.45, 7) is 0. The van der Waals surface area contributed by atoms with Crippen LogP contribution in [0.2, 0.25) is 5.02 Å². The molecule has 5 nitrogen and oxygen atoms in total. The van der Waals surface area contributed by atoms with Crippen LogP contribution in [0.3, 0.4) is 0 Å². The number of carbonyl (C=O) groups is 2. The summed E-state index contributed by atoms with van der Waals surface area (Å²) < 4.78 is 4.82. The van der Waals surface area contributed by atoms with E-state index in [1.165, 1.54) is 7.11 Å². The molecule has 0 saturated carbocycles. The molecule has 1 atom stereocenters. The molecule has 1 amide bonds. The number of methoxy groups -OCH3 is 1. The molecule has 0 fully saturated rings. The lowest BCUT2D eigenvalue weighted by atomic mass is 10.1. The van der Waals surface area contributed by atoms with E-state index in [0.29, 0.717) is 16.3 Å². The van der Waals surface area contributed by atoms with Gasteiger partial charge in [0.15, 0.2) is 0 Å². The molecule has 0 bridgehead atoms. The number of nitrogens with zero attached hydrogens (tertiary/aromatic N) is 1. The van der Waals surface area contributed by atoms with Gasteiger partial charge in [-0.2, -0.15) is 0 Å². The van der Waals surface area contributed by atoms with Gasteiger partial charge in [-0.05, 0) is 24.3 Å². The van der Waals surface area contributed by atoms with Crippen LogP contribution in [0.25, 0.3) is 10.9 Å². The normalized spacial score (nSPS) is 11.8. The average molecular weight is 369 g/mol. The summed E-state index contributed by atoms with van der Waals surface area (Å²) in [5.41, 5.74) is 1.80. The number of carbonyl (C=O) groups excluding carboxylic acids is 2. The van der Waals surface area contributed by atoms with Gasteiger partial charge in [-0.15, -0.1) is 0 Å². The van der Waals surface area contributed by atoms with Crippen LogP contribution in [-0.2, 0) is 16.0 Å². The molecule has 26 heavy (non-hydrogen) atoms. The molecule has 0 aliphatic heterocycles. The SMILES string of the molecule is COC(=O)[C@H](Cc1ccc2ccccc2n1)NC(=O)c1ccccc1Cl. The predicted octanol–water partition coefficient (Wildman–Crippen LogP) is 3.40. The van der Waals surface area contributed by atoms with E-state index in [9.17, 15) is 9.59 Å². The van der Waals surface area contributed by atoms with E-state index < -0.39 is 17.9 Å². The van der Waals surface area contributed by atoms with Gasteiger partial charge in [-0.1, -0.05) is 48.0 Å². The first kappa shape index (κ1) is 17.9. The summed E-state index contributed by atoms with van der Waals surface area (Å²) in [6, 6.07) is 17.3. The maximum atomic E-state index is 12.5. The van der Waals surface area contributed by atoms with Crippen molar-refractivity contribution in [1.82, 2.24) is 10.3 Å². The third-order valence-corrected chi connectivity index (χ3v) is 4.31. The van der Waals surface area contributed by atoms with Crippen molar-refractivity contribution in [3.8, 4) is 0 Å². The first-order valence-corrected chi connectivity index (χ1v) is 8.44. The summed E-state index contributed by atoms with van der Waals surface area (Å²) in [6.07, 6.45) is 0.216. The number of benzene rings is 2. The molecule has 6 heteroatoms. The second-order valence-electron chi connectivity index (χ2n) is 5.73. The largest absolute Gasteiger partial charge is 0.467 e. The van der Waals surface area contributed by atoms with Crippen LogP contribution >= 0.6 is 11.6 Å². The number of nitrogens with one attached hydrogen (secondary N) is 1. The van der Waals surface area contributed by atoms with E-state index in [1.807, 2.05) is 36.4 Å². The van der Waals surface area contributed by atoms with Crippen LogP contribution in [0.5, 0.6) is 0 Å². The second kappa shape index (κ2) is 7.97. The summed E-state index contributed by atoms with van der Waals surface area (Å²) in [5, 5.41) is 4.01. The molecule has 0 spiro atoms. The molecule has 0 radical (unpaired) electrons. The van der Waals surface area contributed by atoms with E-state index in [-0.39, 0.29) is 6.42 Å². The molecule has 1 N–H and O–H groups in total. The van der Waals surface area contributed by atoms with Crippen molar-refractivity contribution >= 4 is 34.4 Å². The Hall–Kier alpha value is -2.92. The summed E-state index contributed by atoms with van der Waals surface area (Å²) in [7, 11) is 1.28. The molecule has 0 aliphatic carbocycles. The lowest BCUT2D eigenvalue weighted by molar-refractivity contribution is -0.142. The van der Waals surface area contributed by atoms with Crippen LogP contribution in [0.15, 0.2) is 60.7 Å². The van der Waals surface area contributed by atoms with Gasteiger partial charge in [0.05, 0.1) is 23.2 Å². The van der Waals surface area contributed by atoms with Gasteiger partial charge in [-0.25, -0.2) is 4.79 Å². The third-order valence-electron chi connectivity index (χ3n) is 3.98. The number of hydrogen-bond acceptors (Lipinski definition) is 4. The minimum Gasteiger partial charge on any atom is -0.467 e. The van der Waals surface area contributed by atoms with Gasteiger partial charge in [0.25, 0.3) is 5.91 Å². The Kier molecular flexibility index (Phi) is 5.49. The van der Waals surface area contributed by atoms with Gasteiger partial charge < -0.3 is 10.1 Å². The lowest BCUT2D eigenvalue weighted by Crippen LogP contribution is -2.43. The van der Waals surface area contributed by atoms with Crippen molar-refractivity contribution in [2.24, 2.45) is 0 Å². The molecule has 132 valence electrons. The first-order chi connectivity index (χ1) is 12.6. The molecular weight excluding hydrogens is 352 g/mol. The zero-order chi connectivity index (χ0) is 18.5. The highest BCUT2D eigenvalue weighted by molar-refractivity contribution is 6.33. The minimum absolute atomic E-state index is 0.216. The zero-order valence-electron chi connectivity index (χ0n) is 14.1. The van der Waals surface area contributed by atoms with Crippen LogP contribution in [-0.4, -0.2) is 30.0 Å². The van der Waals surface area contributed by atoms with E-state index in [4.69, 9.17) is 16.3 Å². The Morgan fingerprint density at radius 3 is 2.58 bits per heavy atom. The number of ether oxygens (including phenoxy) is 1. The Morgan fingerprint density at radius 2 is 1.81 bits per heavy atom. The first-order valence-electron chi connectivity index (χ1n) is 8.06. The quantitative estimate of drug-likeness (QED) is 0.701. The Labute approximate surface area is 156 Å². The number of rotatable bonds is 5. The lowest BCUT2D eigenvalue weighted by Gasteiger charge is -2.17. The third kappa shape index (κ3) is 4.00. The van der Waals surface area contributed by atoms with Crippen LogP contribution < -0.4 is 5.32 Å². The number of fused-ring (bicyclic) bond motifs is 1. The molecule has 3 aromatic rings. The van der Waals surface area contributed by atoms with E-state index in [0.717, 1.165) is 10.9 Å². The van der Waals surface area contributed by atoms with Crippen LogP contribution in [0, 0.1) is 0 Å². The fourth-order valence-corrected chi connectivity index (χ4v) is 2.87. The van der Waals surface area contributed by atoms with E-state index in [2.05, 4.69) is 10.3 Å². The number of pyridine rings is 1. The second-order valence-corrected chi connectivity index (χ2v) is 6.14. The van der Waals surface area contributed by atoms with Crippen molar-refractivity contribution in [2.75, 3.05) is 7.11 Å². The summed E-state index contributed by atoms with van der Waals surface area (Å²) in [4.78, 5) is 29.2. The topological polar surface area (TPSA) is 68.3 Å². The van der Waals surface area contributed by atoms with Gasteiger partial charge in [0.1, 0.15) is 6.04 Å². The number of halogens is 1. The zero-order valence-corrected chi connectivity index (χ0v) is 14.9. The number of amides is 1. The number of esters is 1. The molecular formula is C20H17ClN2O3. The van der Waals surface area contributed by atoms with E-state index in [1.54, 1.807) is 24.3 Å². The fourth-order valence-electron chi connectivity index (χ4n) is 2.65. The van der Waals surface area contributed by atoms with Gasteiger partial charge in [0, 0.05) is 17.5 Å². The molecule has 1 heterocycles. The Balaban J connectivity index is 1.82. The van der Waals surface area contributed by atoms with Crippen LogP contribution in [0.1, 0.15) is 16.1 Å². The van der Waals surface area contributed by atoms with Crippen molar-refractivity contribution in [3.05, 3.63) is 76.9 Å². The van der Waals surface area contributed by atoms with Crippen molar-refractivity contribution in [1.29, 1.82) is 0 Å². The average Bonchev–Trinajstić information content (AvgIpc) is 2.67. The standard InChI is InChI=1S/C20H17ClN2O3/c1-26-20(25)18(23-19(24)15-7-3-4-8-16(15)21)12-14-11-10-13-6-2-5-9-17(13)22-14/h2-11,18H,12H2,1H3,(H,23,24)/t18-/m0/s1. The molecule has 0 unspecified atom stereocenters. The smallest absolute Gasteiger partial charge is 0.328 e. The van der Waals surface area contributed by atoms with Crippen molar-refractivity contribution in [2.45, 2.75) is 12.5 Å². The van der Waals surface area contributed by atoms with Crippen LogP contribution in [0.4, 0.5) is 0 Å².